The summed E-state index contributed by atoms with van der Waals surface area (Å²) in [5.41, 5.74) is 0.946. The number of halogens is 1. The fourth-order valence-electron chi connectivity index (χ4n) is 1.74. The maximum Gasteiger partial charge on any atom is 0.221 e. The van der Waals surface area contributed by atoms with E-state index in [9.17, 15) is 4.79 Å². The van der Waals surface area contributed by atoms with Gasteiger partial charge in [0.2, 0.25) is 5.91 Å². The molecule has 2 rings (SSSR count). The van der Waals surface area contributed by atoms with E-state index in [1.807, 2.05) is 12.1 Å². The molecule has 1 aliphatic rings. The van der Waals surface area contributed by atoms with E-state index in [1.165, 1.54) is 0 Å². The van der Waals surface area contributed by atoms with E-state index in [-0.39, 0.29) is 5.91 Å². The molecule has 0 bridgehead atoms. The van der Waals surface area contributed by atoms with E-state index in [0.717, 1.165) is 25.3 Å². The lowest BCUT2D eigenvalue weighted by Gasteiger charge is -2.18. The third kappa shape index (κ3) is 3.18. The highest BCUT2D eigenvalue weighted by atomic mass is 35.5. The number of nitrogens with one attached hydrogen (secondary N) is 1. The van der Waals surface area contributed by atoms with Crippen LogP contribution in [-0.4, -0.2) is 35.4 Å². The number of carbonyl (C=O) groups excluding carboxylic acids is 1. The van der Waals surface area contributed by atoms with Gasteiger partial charge in [0.05, 0.1) is 5.69 Å². The van der Waals surface area contributed by atoms with Gasteiger partial charge in [-0.3, -0.25) is 9.69 Å². The van der Waals surface area contributed by atoms with Gasteiger partial charge in [-0.25, -0.2) is 4.98 Å². The highest BCUT2D eigenvalue weighted by Crippen LogP contribution is 2.08. The molecule has 1 aromatic rings. The molecule has 0 aliphatic carbocycles. The smallest absolute Gasteiger partial charge is 0.221 e. The number of hydrogen-bond acceptors (Lipinski definition) is 3. The minimum Gasteiger partial charge on any atom is -0.355 e. The van der Waals surface area contributed by atoms with Gasteiger partial charge in [0.1, 0.15) is 5.15 Å². The Hall–Kier alpha value is -1.13. The zero-order valence-electron chi connectivity index (χ0n) is 8.95. The van der Waals surface area contributed by atoms with E-state index in [0.29, 0.717) is 18.1 Å². The number of nitrogens with zero attached hydrogens (tertiary/aromatic N) is 2. The molecule has 1 aromatic heterocycles. The summed E-state index contributed by atoms with van der Waals surface area (Å²) in [6, 6.07) is 5.61. The average molecular weight is 240 g/mol. The first kappa shape index (κ1) is 11.4. The van der Waals surface area contributed by atoms with Gasteiger partial charge < -0.3 is 5.32 Å². The van der Waals surface area contributed by atoms with E-state index < -0.39 is 0 Å². The van der Waals surface area contributed by atoms with Crippen molar-refractivity contribution in [2.24, 2.45) is 0 Å². The summed E-state index contributed by atoms with van der Waals surface area (Å²) >= 11 is 5.82. The maximum atomic E-state index is 11.2. The normalized spacial score (nSPS) is 17.9. The number of aromatic nitrogens is 1. The molecule has 1 saturated heterocycles. The maximum absolute atomic E-state index is 11.2. The van der Waals surface area contributed by atoms with Gasteiger partial charge in [-0.1, -0.05) is 17.7 Å². The standard InChI is InChI=1S/C11H14ClN3O/c12-10-3-1-2-9(14-10)8-15-6-4-11(16)13-5-7-15/h1-3H,4-8H2,(H,13,16). The van der Waals surface area contributed by atoms with Crippen molar-refractivity contribution in [3.8, 4) is 0 Å². The van der Waals surface area contributed by atoms with Crippen molar-refractivity contribution in [3.05, 3.63) is 29.0 Å². The third-order valence-electron chi connectivity index (χ3n) is 2.56. The lowest BCUT2D eigenvalue weighted by molar-refractivity contribution is -0.120. The molecule has 1 fully saturated rings. The lowest BCUT2D eigenvalue weighted by Crippen LogP contribution is -2.28. The Morgan fingerprint density at radius 3 is 3.12 bits per heavy atom. The van der Waals surface area contributed by atoms with Crippen molar-refractivity contribution >= 4 is 17.5 Å². The Balaban J connectivity index is 1.96. The fourth-order valence-corrected chi connectivity index (χ4v) is 1.92. The quantitative estimate of drug-likeness (QED) is 0.785. The van der Waals surface area contributed by atoms with Crippen LogP contribution >= 0.6 is 11.6 Å². The topological polar surface area (TPSA) is 45.2 Å². The largest absolute Gasteiger partial charge is 0.355 e. The van der Waals surface area contributed by atoms with Gasteiger partial charge in [-0.05, 0) is 12.1 Å². The predicted octanol–water partition coefficient (Wildman–Crippen LogP) is 1.06. The summed E-state index contributed by atoms with van der Waals surface area (Å²) in [7, 11) is 0. The van der Waals surface area contributed by atoms with Crippen LogP contribution in [0.3, 0.4) is 0 Å². The summed E-state index contributed by atoms with van der Waals surface area (Å²) in [6.45, 7) is 3.09. The summed E-state index contributed by atoms with van der Waals surface area (Å²) in [5, 5.41) is 3.36. The molecular weight excluding hydrogens is 226 g/mol. The van der Waals surface area contributed by atoms with Crippen LogP contribution < -0.4 is 5.32 Å². The Bertz CT molecular complexity index is 383. The monoisotopic (exact) mass is 239 g/mol. The Labute approximate surface area is 99.6 Å². The van der Waals surface area contributed by atoms with Crippen LogP contribution in [0.25, 0.3) is 0 Å². The van der Waals surface area contributed by atoms with Crippen molar-refractivity contribution in [2.75, 3.05) is 19.6 Å². The second-order valence-corrected chi connectivity index (χ2v) is 4.21. The molecule has 1 aliphatic heterocycles. The summed E-state index contributed by atoms with van der Waals surface area (Å²) in [6.07, 6.45) is 0.556. The minimum atomic E-state index is 0.126. The van der Waals surface area contributed by atoms with Crippen molar-refractivity contribution in [1.29, 1.82) is 0 Å². The molecule has 0 radical (unpaired) electrons. The van der Waals surface area contributed by atoms with Crippen LogP contribution in [0.15, 0.2) is 18.2 Å². The molecule has 1 amide bonds. The predicted molar refractivity (Wildman–Crippen MR) is 62.2 cm³/mol. The minimum absolute atomic E-state index is 0.126. The number of amides is 1. The van der Waals surface area contributed by atoms with Gasteiger partial charge in [0.15, 0.2) is 0 Å². The van der Waals surface area contributed by atoms with E-state index in [1.54, 1.807) is 6.07 Å². The van der Waals surface area contributed by atoms with Crippen molar-refractivity contribution in [1.82, 2.24) is 15.2 Å². The molecule has 16 heavy (non-hydrogen) atoms. The Kier molecular flexibility index (Phi) is 3.74. The highest BCUT2D eigenvalue weighted by Gasteiger charge is 2.13. The van der Waals surface area contributed by atoms with Crippen LogP contribution in [0.2, 0.25) is 5.15 Å². The zero-order chi connectivity index (χ0) is 11.4. The van der Waals surface area contributed by atoms with Gasteiger partial charge in [0, 0.05) is 32.6 Å². The molecule has 4 nitrogen and oxygen atoms in total. The molecular formula is C11H14ClN3O. The molecule has 0 spiro atoms. The zero-order valence-corrected chi connectivity index (χ0v) is 9.70. The Morgan fingerprint density at radius 2 is 2.31 bits per heavy atom. The molecule has 5 heteroatoms. The van der Waals surface area contributed by atoms with Gasteiger partial charge in [-0.15, -0.1) is 0 Å². The van der Waals surface area contributed by atoms with Crippen LogP contribution in [0.1, 0.15) is 12.1 Å². The molecule has 0 aromatic carbocycles. The first-order valence-electron chi connectivity index (χ1n) is 5.34. The molecule has 0 saturated carbocycles. The van der Waals surface area contributed by atoms with E-state index in [2.05, 4.69) is 15.2 Å². The van der Waals surface area contributed by atoms with Crippen LogP contribution in [0.4, 0.5) is 0 Å². The summed E-state index contributed by atoms with van der Waals surface area (Å²) in [5.74, 6) is 0.126. The molecule has 0 atom stereocenters. The first-order valence-corrected chi connectivity index (χ1v) is 5.72. The van der Waals surface area contributed by atoms with Gasteiger partial charge >= 0.3 is 0 Å². The van der Waals surface area contributed by atoms with Crippen LogP contribution in [0, 0.1) is 0 Å². The lowest BCUT2D eigenvalue weighted by atomic mass is 10.3. The Morgan fingerprint density at radius 1 is 1.44 bits per heavy atom. The number of hydrogen-bond donors (Lipinski definition) is 1. The second kappa shape index (κ2) is 5.27. The number of rotatable bonds is 2. The number of pyridine rings is 1. The van der Waals surface area contributed by atoms with Crippen molar-refractivity contribution in [2.45, 2.75) is 13.0 Å². The summed E-state index contributed by atoms with van der Waals surface area (Å²) < 4.78 is 0. The third-order valence-corrected chi connectivity index (χ3v) is 2.77. The molecule has 86 valence electrons. The van der Waals surface area contributed by atoms with Crippen molar-refractivity contribution in [3.63, 3.8) is 0 Å². The van der Waals surface area contributed by atoms with Crippen LogP contribution in [0.5, 0.6) is 0 Å². The van der Waals surface area contributed by atoms with Crippen LogP contribution in [-0.2, 0) is 11.3 Å². The van der Waals surface area contributed by atoms with E-state index >= 15 is 0 Å². The molecule has 0 unspecified atom stereocenters. The molecule has 2 heterocycles. The fraction of sp³-hybridized carbons (Fsp3) is 0.455. The van der Waals surface area contributed by atoms with Gasteiger partial charge in [-0.2, -0.15) is 0 Å². The second-order valence-electron chi connectivity index (χ2n) is 3.83. The SMILES string of the molecule is O=C1CCN(Cc2cccc(Cl)n2)CCN1. The van der Waals surface area contributed by atoms with E-state index in [4.69, 9.17) is 11.6 Å². The van der Waals surface area contributed by atoms with Gasteiger partial charge in [0.25, 0.3) is 0 Å². The summed E-state index contributed by atoms with van der Waals surface area (Å²) in [4.78, 5) is 17.6. The molecule has 1 N–H and O–H groups in total. The highest BCUT2D eigenvalue weighted by molar-refractivity contribution is 6.29. The average Bonchev–Trinajstić information content (AvgIpc) is 2.44. The van der Waals surface area contributed by atoms with Crippen molar-refractivity contribution < 1.29 is 4.79 Å². The first-order chi connectivity index (χ1) is 7.74. The number of carbonyl (C=O) groups is 1.